The molecule has 3 heteroatoms. The molecule has 1 aromatic carbocycles. The molecule has 0 bridgehead atoms. The van der Waals surface area contributed by atoms with Crippen LogP contribution in [-0.2, 0) is 11.2 Å². The first kappa shape index (κ1) is 11.2. The molecule has 0 atom stereocenters. The second-order valence-electron chi connectivity index (χ2n) is 3.42. The average molecular weight is 256 g/mol. The van der Waals surface area contributed by atoms with E-state index in [2.05, 4.69) is 15.9 Å². The summed E-state index contributed by atoms with van der Waals surface area (Å²) in [4.78, 5) is 12.9. The van der Waals surface area contributed by atoms with Gasteiger partial charge in [0.05, 0.1) is 0 Å². The van der Waals surface area contributed by atoms with Crippen molar-refractivity contribution < 1.29 is 4.79 Å². The lowest BCUT2D eigenvalue weighted by atomic mass is 10.1. The van der Waals surface area contributed by atoms with Crippen LogP contribution in [0.1, 0.15) is 12.0 Å². The lowest BCUT2D eigenvalue weighted by Crippen LogP contribution is -2.21. The van der Waals surface area contributed by atoms with Crippen LogP contribution < -0.4 is 0 Å². The van der Waals surface area contributed by atoms with Gasteiger partial charge in [-0.1, -0.05) is 28.1 Å². The Kier molecular flexibility index (Phi) is 4.14. The van der Waals surface area contributed by atoms with Crippen LogP contribution in [0.4, 0.5) is 0 Å². The smallest absolute Gasteiger partial charge is 0.222 e. The molecule has 1 amide bonds. The number of amides is 1. The first-order chi connectivity index (χ1) is 6.59. The summed E-state index contributed by atoms with van der Waals surface area (Å²) in [6, 6.07) is 8.05. The Balaban J connectivity index is 2.50. The number of hydrogen-bond donors (Lipinski definition) is 0. The summed E-state index contributed by atoms with van der Waals surface area (Å²) in [7, 11) is 3.56. The second-order valence-corrected chi connectivity index (χ2v) is 4.33. The molecule has 0 aliphatic rings. The van der Waals surface area contributed by atoms with E-state index in [9.17, 15) is 4.79 Å². The molecule has 76 valence electrons. The van der Waals surface area contributed by atoms with Gasteiger partial charge in [-0.15, -0.1) is 0 Å². The number of rotatable bonds is 3. The monoisotopic (exact) mass is 255 g/mol. The minimum Gasteiger partial charge on any atom is -0.349 e. The summed E-state index contributed by atoms with van der Waals surface area (Å²) in [6.45, 7) is 0. The lowest BCUT2D eigenvalue weighted by Gasteiger charge is -2.09. The molecule has 1 aromatic rings. The van der Waals surface area contributed by atoms with Crippen LogP contribution in [-0.4, -0.2) is 24.9 Å². The Labute approximate surface area is 93.0 Å². The molecule has 0 N–H and O–H groups in total. The van der Waals surface area contributed by atoms with Crippen LogP contribution in [0.3, 0.4) is 0 Å². The van der Waals surface area contributed by atoms with Gasteiger partial charge in [0.15, 0.2) is 0 Å². The highest BCUT2D eigenvalue weighted by Crippen LogP contribution is 2.13. The van der Waals surface area contributed by atoms with Crippen molar-refractivity contribution >= 4 is 21.8 Å². The fourth-order valence-corrected chi connectivity index (χ4v) is 1.61. The van der Waals surface area contributed by atoms with E-state index in [-0.39, 0.29) is 5.91 Å². The predicted molar refractivity (Wildman–Crippen MR) is 61.2 cm³/mol. The molecular formula is C11H14BrNO. The summed E-state index contributed by atoms with van der Waals surface area (Å²) in [5.41, 5.74) is 1.19. The molecule has 0 saturated carbocycles. The molecule has 2 nitrogen and oxygen atoms in total. The van der Waals surface area contributed by atoms with Crippen molar-refractivity contribution in [3.63, 3.8) is 0 Å². The van der Waals surface area contributed by atoms with E-state index >= 15 is 0 Å². The van der Waals surface area contributed by atoms with Crippen LogP contribution in [0.5, 0.6) is 0 Å². The number of carbonyl (C=O) groups is 1. The summed E-state index contributed by atoms with van der Waals surface area (Å²) in [5.74, 6) is 0.171. The van der Waals surface area contributed by atoms with E-state index in [4.69, 9.17) is 0 Å². The van der Waals surface area contributed by atoms with Crippen molar-refractivity contribution in [3.8, 4) is 0 Å². The molecule has 0 fully saturated rings. The fourth-order valence-electron chi connectivity index (χ4n) is 1.17. The number of benzene rings is 1. The van der Waals surface area contributed by atoms with Gasteiger partial charge in [0, 0.05) is 25.0 Å². The molecule has 0 spiro atoms. The van der Waals surface area contributed by atoms with Crippen molar-refractivity contribution in [1.82, 2.24) is 4.90 Å². The van der Waals surface area contributed by atoms with Gasteiger partial charge in [0.25, 0.3) is 0 Å². The van der Waals surface area contributed by atoms with Crippen LogP contribution in [0, 0.1) is 0 Å². The van der Waals surface area contributed by atoms with Gasteiger partial charge in [-0.2, -0.15) is 0 Å². The number of nitrogens with zero attached hydrogens (tertiary/aromatic N) is 1. The zero-order chi connectivity index (χ0) is 10.6. The van der Waals surface area contributed by atoms with E-state index in [1.807, 2.05) is 24.3 Å². The van der Waals surface area contributed by atoms with Crippen molar-refractivity contribution in [2.24, 2.45) is 0 Å². The van der Waals surface area contributed by atoms with Gasteiger partial charge < -0.3 is 4.90 Å². The summed E-state index contributed by atoms with van der Waals surface area (Å²) >= 11 is 3.40. The van der Waals surface area contributed by atoms with Crippen LogP contribution in [0.15, 0.2) is 28.7 Å². The van der Waals surface area contributed by atoms with Crippen molar-refractivity contribution in [2.45, 2.75) is 12.8 Å². The normalized spacial score (nSPS) is 9.93. The highest BCUT2D eigenvalue weighted by Gasteiger charge is 2.03. The molecule has 0 unspecified atom stereocenters. The van der Waals surface area contributed by atoms with E-state index < -0.39 is 0 Å². The highest BCUT2D eigenvalue weighted by atomic mass is 79.9. The van der Waals surface area contributed by atoms with Crippen molar-refractivity contribution in [1.29, 1.82) is 0 Å². The molecule has 0 radical (unpaired) electrons. The lowest BCUT2D eigenvalue weighted by molar-refractivity contribution is -0.128. The number of hydrogen-bond acceptors (Lipinski definition) is 1. The maximum atomic E-state index is 11.3. The Bertz CT molecular complexity index is 323. The van der Waals surface area contributed by atoms with Crippen LogP contribution >= 0.6 is 15.9 Å². The Morgan fingerprint density at radius 2 is 2.14 bits per heavy atom. The minimum absolute atomic E-state index is 0.171. The fraction of sp³-hybridized carbons (Fsp3) is 0.364. The topological polar surface area (TPSA) is 20.3 Å². The third kappa shape index (κ3) is 3.50. The molecule has 0 aliphatic heterocycles. The van der Waals surface area contributed by atoms with E-state index in [1.54, 1.807) is 19.0 Å². The average Bonchev–Trinajstić information content (AvgIpc) is 2.14. The Hall–Kier alpha value is -0.830. The van der Waals surface area contributed by atoms with Gasteiger partial charge in [-0.05, 0) is 24.1 Å². The van der Waals surface area contributed by atoms with Gasteiger partial charge in [0.2, 0.25) is 5.91 Å². The SMILES string of the molecule is CN(C)C(=O)CCc1cccc(Br)c1. The number of halogens is 1. The second kappa shape index (κ2) is 5.15. The maximum Gasteiger partial charge on any atom is 0.222 e. The Morgan fingerprint density at radius 1 is 1.43 bits per heavy atom. The quantitative estimate of drug-likeness (QED) is 0.813. The van der Waals surface area contributed by atoms with Gasteiger partial charge in [0.1, 0.15) is 0 Å². The van der Waals surface area contributed by atoms with E-state index in [0.717, 1.165) is 10.9 Å². The van der Waals surface area contributed by atoms with Crippen LogP contribution in [0.2, 0.25) is 0 Å². The number of aryl methyl sites for hydroxylation is 1. The number of carbonyl (C=O) groups excluding carboxylic acids is 1. The summed E-state index contributed by atoms with van der Waals surface area (Å²) in [5, 5.41) is 0. The predicted octanol–water partition coefficient (Wildman–Crippen LogP) is 2.47. The van der Waals surface area contributed by atoms with Crippen LogP contribution in [0.25, 0.3) is 0 Å². The largest absolute Gasteiger partial charge is 0.349 e. The van der Waals surface area contributed by atoms with Gasteiger partial charge >= 0.3 is 0 Å². The van der Waals surface area contributed by atoms with Gasteiger partial charge in [-0.25, -0.2) is 0 Å². The first-order valence-corrected chi connectivity index (χ1v) is 5.33. The molecule has 0 saturated heterocycles. The molecule has 14 heavy (non-hydrogen) atoms. The minimum atomic E-state index is 0.171. The van der Waals surface area contributed by atoms with E-state index in [1.165, 1.54) is 5.56 Å². The zero-order valence-corrected chi connectivity index (χ0v) is 10.0. The standard InChI is InChI=1S/C11H14BrNO/c1-13(2)11(14)7-6-9-4-3-5-10(12)8-9/h3-5,8H,6-7H2,1-2H3. The summed E-state index contributed by atoms with van der Waals surface area (Å²) in [6.07, 6.45) is 1.37. The highest BCUT2D eigenvalue weighted by molar-refractivity contribution is 9.10. The third-order valence-electron chi connectivity index (χ3n) is 2.02. The van der Waals surface area contributed by atoms with Crippen molar-refractivity contribution in [3.05, 3.63) is 34.3 Å². The third-order valence-corrected chi connectivity index (χ3v) is 2.51. The molecule has 1 rings (SSSR count). The Morgan fingerprint density at radius 3 is 2.71 bits per heavy atom. The molecule has 0 aliphatic carbocycles. The van der Waals surface area contributed by atoms with E-state index in [0.29, 0.717) is 6.42 Å². The summed E-state index contributed by atoms with van der Waals surface area (Å²) < 4.78 is 1.06. The molecule has 0 heterocycles. The first-order valence-electron chi connectivity index (χ1n) is 4.54. The molecular weight excluding hydrogens is 242 g/mol. The maximum absolute atomic E-state index is 11.3. The zero-order valence-electron chi connectivity index (χ0n) is 8.46. The molecule has 0 aromatic heterocycles. The van der Waals surface area contributed by atoms with Gasteiger partial charge in [-0.3, -0.25) is 4.79 Å². The van der Waals surface area contributed by atoms with Crippen molar-refractivity contribution in [2.75, 3.05) is 14.1 Å².